The number of H-pyrrole nitrogens is 1. The van der Waals surface area contributed by atoms with Crippen molar-refractivity contribution in [2.24, 2.45) is 12.0 Å². The van der Waals surface area contributed by atoms with E-state index in [4.69, 9.17) is 0 Å². The van der Waals surface area contributed by atoms with Gasteiger partial charge < -0.3 is 5.11 Å². The molecule has 0 unspecified atom stereocenters. The Balaban J connectivity index is 2.53. The molecule has 2 aromatic rings. The smallest absolute Gasteiger partial charge is 0.330 e. The minimum Gasteiger partial charge on any atom is -0.494 e. The van der Waals surface area contributed by atoms with Crippen molar-refractivity contribution in [3.63, 3.8) is 0 Å². The monoisotopic (exact) mass is 318 g/mol. The summed E-state index contributed by atoms with van der Waals surface area (Å²) >= 11 is 0. The molecule has 9 heteroatoms. The highest BCUT2D eigenvalue weighted by molar-refractivity contribution is 5.84. The molecule has 0 atom stereocenters. The average molecular weight is 318 g/mol. The Morgan fingerprint density at radius 1 is 1.30 bits per heavy atom. The van der Waals surface area contributed by atoms with Gasteiger partial charge in [-0.05, 0) is 25.5 Å². The number of aliphatic imine (C=N–C) groups is 1. The largest absolute Gasteiger partial charge is 0.494 e. The number of aromatic hydroxyl groups is 1. The molecule has 23 heavy (non-hydrogen) atoms. The molecular weight excluding hydrogens is 304 g/mol. The summed E-state index contributed by atoms with van der Waals surface area (Å²) in [5.74, 6) is -0.515. The van der Waals surface area contributed by atoms with E-state index in [1.165, 1.54) is 19.2 Å². The van der Waals surface area contributed by atoms with E-state index in [1.54, 1.807) is 13.8 Å². The Labute approximate surface area is 129 Å². The molecule has 120 valence electrons. The molecule has 0 radical (unpaired) electrons. The normalized spacial score (nSPS) is 11.1. The van der Waals surface area contributed by atoms with Crippen LogP contribution in [0.5, 0.6) is 5.88 Å². The van der Waals surface area contributed by atoms with Gasteiger partial charge >= 0.3 is 5.69 Å². The number of nitro groups is 1. The maximum atomic E-state index is 11.7. The first-order chi connectivity index (χ1) is 10.7. The molecule has 0 saturated heterocycles. The molecule has 0 fully saturated rings. The van der Waals surface area contributed by atoms with E-state index >= 15 is 0 Å². The first-order valence-corrected chi connectivity index (χ1v) is 6.55. The fraction of sp³-hybridized carbons (Fsp3) is 0.214. The highest BCUT2D eigenvalue weighted by Gasteiger charge is 2.15. The van der Waals surface area contributed by atoms with Gasteiger partial charge in [-0.2, -0.15) is 0 Å². The number of rotatable bonds is 3. The topological polar surface area (TPSA) is 131 Å². The van der Waals surface area contributed by atoms with E-state index in [0.717, 1.165) is 10.8 Å². The second-order valence-electron chi connectivity index (χ2n) is 4.92. The summed E-state index contributed by atoms with van der Waals surface area (Å²) in [5.41, 5.74) is -0.260. The number of hydrogen-bond acceptors (Lipinski definition) is 6. The zero-order valence-electron chi connectivity index (χ0n) is 12.7. The molecule has 0 saturated carbocycles. The van der Waals surface area contributed by atoms with Crippen molar-refractivity contribution in [1.82, 2.24) is 9.55 Å². The molecule has 0 bridgehead atoms. The third kappa shape index (κ3) is 2.89. The summed E-state index contributed by atoms with van der Waals surface area (Å²) < 4.78 is 0.872. The lowest BCUT2D eigenvalue weighted by molar-refractivity contribution is -0.385. The Hall–Kier alpha value is -3.23. The zero-order chi connectivity index (χ0) is 17.3. The van der Waals surface area contributed by atoms with Gasteiger partial charge in [-0.15, -0.1) is 0 Å². The van der Waals surface area contributed by atoms with Crippen LogP contribution in [0.2, 0.25) is 0 Å². The standard InChI is InChI=1S/C14H14N4O5/c1-7-8(2)11(18(22)23)5-4-10(7)15-6-9-12(19)16-14(21)17(3)13(9)20/h4-6,20H,1-3H3,(H,16,19,21). The fourth-order valence-electron chi connectivity index (χ4n) is 2.01. The Morgan fingerprint density at radius 3 is 2.57 bits per heavy atom. The van der Waals surface area contributed by atoms with Gasteiger partial charge in [0.25, 0.3) is 11.2 Å². The Morgan fingerprint density at radius 2 is 1.96 bits per heavy atom. The first-order valence-electron chi connectivity index (χ1n) is 6.55. The molecule has 0 aliphatic rings. The molecule has 1 aromatic heterocycles. The fourth-order valence-corrected chi connectivity index (χ4v) is 2.01. The van der Waals surface area contributed by atoms with Gasteiger partial charge in [-0.25, -0.2) is 4.79 Å². The highest BCUT2D eigenvalue weighted by atomic mass is 16.6. The molecule has 0 spiro atoms. The van der Waals surface area contributed by atoms with Crippen LogP contribution in [0.3, 0.4) is 0 Å². The minimum atomic E-state index is -0.773. The van der Waals surface area contributed by atoms with Crippen LogP contribution in [0.4, 0.5) is 11.4 Å². The highest BCUT2D eigenvalue weighted by Crippen LogP contribution is 2.29. The molecule has 0 aliphatic carbocycles. The van der Waals surface area contributed by atoms with Crippen LogP contribution in [-0.2, 0) is 7.05 Å². The average Bonchev–Trinajstić information content (AvgIpc) is 2.48. The van der Waals surface area contributed by atoms with Crippen molar-refractivity contribution in [3.05, 3.63) is 59.8 Å². The maximum absolute atomic E-state index is 11.7. The van der Waals surface area contributed by atoms with Crippen molar-refractivity contribution in [1.29, 1.82) is 0 Å². The number of aromatic amines is 1. The number of nitro benzene ring substituents is 1. The van der Waals surface area contributed by atoms with Crippen LogP contribution >= 0.6 is 0 Å². The van der Waals surface area contributed by atoms with Gasteiger partial charge in [0.15, 0.2) is 0 Å². The van der Waals surface area contributed by atoms with Crippen LogP contribution in [0.15, 0.2) is 26.7 Å². The molecule has 9 nitrogen and oxygen atoms in total. The van der Waals surface area contributed by atoms with Crippen molar-refractivity contribution < 1.29 is 10.0 Å². The van der Waals surface area contributed by atoms with Crippen LogP contribution in [0, 0.1) is 24.0 Å². The van der Waals surface area contributed by atoms with E-state index in [0.29, 0.717) is 16.8 Å². The van der Waals surface area contributed by atoms with Crippen molar-refractivity contribution in [3.8, 4) is 5.88 Å². The lowest BCUT2D eigenvalue weighted by atomic mass is 10.1. The van der Waals surface area contributed by atoms with E-state index in [2.05, 4.69) is 4.99 Å². The third-order valence-electron chi connectivity index (χ3n) is 3.59. The van der Waals surface area contributed by atoms with Crippen LogP contribution < -0.4 is 11.2 Å². The number of nitrogens with zero attached hydrogens (tertiary/aromatic N) is 3. The van der Waals surface area contributed by atoms with E-state index in [1.807, 2.05) is 4.98 Å². The lowest BCUT2D eigenvalue weighted by Crippen LogP contribution is -2.30. The van der Waals surface area contributed by atoms with Gasteiger partial charge in [0.1, 0.15) is 5.56 Å². The lowest BCUT2D eigenvalue weighted by Gasteiger charge is -2.06. The molecule has 0 amide bonds. The van der Waals surface area contributed by atoms with Gasteiger partial charge in [-0.1, -0.05) is 0 Å². The summed E-state index contributed by atoms with van der Waals surface area (Å²) in [6.07, 6.45) is 1.11. The van der Waals surface area contributed by atoms with E-state index in [-0.39, 0.29) is 11.3 Å². The van der Waals surface area contributed by atoms with Gasteiger partial charge in [0.2, 0.25) is 5.88 Å². The number of benzene rings is 1. The van der Waals surface area contributed by atoms with Gasteiger partial charge in [0, 0.05) is 24.9 Å². The quantitative estimate of drug-likeness (QED) is 0.496. The molecular formula is C14H14N4O5. The molecule has 0 aliphatic heterocycles. The number of aromatic nitrogens is 2. The van der Waals surface area contributed by atoms with E-state index < -0.39 is 22.1 Å². The van der Waals surface area contributed by atoms with Crippen molar-refractivity contribution in [2.45, 2.75) is 13.8 Å². The molecule has 2 N–H and O–H groups in total. The first kappa shape index (κ1) is 16.1. The van der Waals surface area contributed by atoms with Crippen LogP contribution in [0.1, 0.15) is 16.7 Å². The summed E-state index contributed by atoms with van der Waals surface area (Å²) in [5, 5.41) is 20.7. The van der Waals surface area contributed by atoms with Crippen LogP contribution in [-0.4, -0.2) is 25.8 Å². The summed E-state index contributed by atoms with van der Waals surface area (Å²) in [6.45, 7) is 3.27. The number of hydrogen-bond donors (Lipinski definition) is 2. The van der Waals surface area contributed by atoms with Crippen molar-refractivity contribution in [2.75, 3.05) is 0 Å². The predicted octanol–water partition coefficient (Wildman–Crippen LogP) is 1.05. The number of nitrogens with one attached hydrogen (secondary N) is 1. The van der Waals surface area contributed by atoms with Crippen LogP contribution in [0.25, 0.3) is 0 Å². The summed E-state index contributed by atoms with van der Waals surface area (Å²) in [7, 11) is 1.30. The maximum Gasteiger partial charge on any atom is 0.330 e. The van der Waals surface area contributed by atoms with Gasteiger partial charge in [-0.3, -0.25) is 29.5 Å². The summed E-state index contributed by atoms with van der Waals surface area (Å²) in [4.78, 5) is 39.6. The minimum absolute atomic E-state index is 0.0238. The van der Waals surface area contributed by atoms with Gasteiger partial charge in [0.05, 0.1) is 10.6 Å². The summed E-state index contributed by atoms with van der Waals surface area (Å²) in [6, 6.07) is 2.77. The zero-order valence-corrected chi connectivity index (χ0v) is 12.7. The second-order valence-corrected chi connectivity index (χ2v) is 4.92. The Bertz CT molecular complexity index is 939. The predicted molar refractivity (Wildman–Crippen MR) is 83.8 cm³/mol. The van der Waals surface area contributed by atoms with E-state index in [9.17, 15) is 24.8 Å². The molecule has 1 aromatic carbocycles. The molecule has 2 rings (SSSR count). The molecule has 1 heterocycles. The SMILES string of the molecule is Cc1c(N=Cc2c(O)n(C)c(=O)[nH]c2=O)ccc([N+](=O)[O-])c1C. The second kappa shape index (κ2) is 5.87. The third-order valence-corrected chi connectivity index (χ3v) is 3.59. The Kier molecular flexibility index (Phi) is 4.12. The van der Waals surface area contributed by atoms with Crippen molar-refractivity contribution >= 4 is 17.6 Å².